The maximum Gasteiger partial charge on any atom is 0.161 e. The normalized spacial score (nSPS) is 18.7. The first-order valence-corrected chi connectivity index (χ1v) is 12.4. The number of rotatable bonds is 10. The SMILES string of the molecule is COc1cc(CN2CCC[C@](O)(COc3ccc(C)cc3)CC2)ccc1OCCn1cc(C)cn1. The first kappa shape index (κ1) is 25.1. The molecule has 0 bridgehead atoms. The molecule has 188 valence electrons. The minimum absolute atomic E-state index is 0.321. The molecule has 1 saturated heterocycles. The predicted molar refractivity (Wildman–Crippen MR) is 136 cm³/mol. The lowest BCUT2D eigenvalue weighted by Gasteiger charge is -2.27. The maximum atomic E-state index is 11.1. The number of methoxy groups -OCH3 is 1. The molecule has 1 fully saturated rings. The van der Waals surface area contributed by atoms with E-state index in [9.17, 15) is 5.11 Å². The molecule has 0 aliphatic carbocycles. The molecule has 4 rings (SSSR count). The molecule has 7 nitrogen and oxygen atoms in total. The average Bonchev–Trinajstić information content (AvgIpc) is 3.18. The van der Waals surface area contributed by atoms with Crippen LogP contribution in [0.2, 0.25) is 0 Å². The monoisotopic (exact) mass is 479 g/mol. The Bertz CT molecular complexity index is 1080. The second-order valence-electron chi connectivity index (χ2n) is 9.57. The van der Waals surface area contributed by atoms with Crippen molar-refractivity contribution in [2.75, 3.05) is 33.4 Å². The smallest absolute Gasteiger partial charge is 0.161 e. The Balaban J connectivity index is 1.28. The zero-order valence-electron chi connectivity index (χ0n) is 21.1. The van der Waals surface area contributed by atoms with Gasteiger partial charge in [0.05, 0.1) is 25.5 Å². The quantitative estimate of drug-likeness (QED) is 0.465. The number of hydrogen-bond donors (Lipinski definition) is 1. The fraction of sp³-hybridized carbons (Fsp3) is 0.464. The highest BCUT2D eigenvalue weighted by atomic mass is 16.5. The number of likely N-dealkylation sites (tertiary alicyclic amines) is 1. The van der Waals surface area contributed by atoms with Crippen LogP contribution in [0.1, 0.15) is 36.0 Å². The second-order valence-corrected chi connectivity index (χ2v) is 9.57. The van der Waals surface area contributed by atoms with Crippen LogP contribution in [0.25, 0.3) is 0 Å². The van der Waals surface area contributed by atoms with Gasteiger partial charge in [-0.15, -0.1) is 0 Å². The summed E-state index contributed by atoms with van der Waals surface area (Å²) in [6.45, 7) is 8.16. The van der Waals surface area contributed by atoms with Crippen LogP contribution < -0.4 is 14.2 Å². The van der Waals surface area contributed by atoms with Gasteiger partial charge in [-0.2, -0.15) is 5.10 Å². The van der Waals surface area contributed by atoms with Crippen LogP contribution >= 0.6 is 0 Å². The summed E-state index contributed by atoms with van der Waals surface area (Å²) in [6.07, 6.45) is 6.20. The van der Waals surface area contributed by atoms with E-state index in [1.54, 1.807) is 7.11 Å². The van der Waals surface area contributed by atoms with Gasteiger partial charge in [-0.3, -0.25) is 9.58 Å². The Morgan fingerprint density at radius 3 is 2.54 bits per heavy atom. The fourth-order valence-electron chi connectivity index (χ4n) is 4.42. The molecule has 1 aliphatic rings. The topological polar surface area (TPSA) is 69.0 Å². The lowest BCUT2D eigenvalue weighted by Crippen LogP contribution is -2.37. The minimum Gasteiger partial charge on any atom is -0.493 e. The number of ether oxygens (including phenoxy) is 3. The lowest BCUT2D eigenvalue weighted by atomic mass is 9.96. The molecular formula is C28H37N3O4. The molecule has 0 unspecified atom stereocenters. The van der Waals surface area contributed by atoms with Crippen molar-refractivity contribution in [3.8, 4) is 17.2 Å². The van der Waals surface area contributed by atoms with E-state index in [1.807, 2.05) is 60.4 Å². The van der Waals surface area contributed by atoms with Gasteiger partial charge in [-0.05, 0) is 75.0 Å². The van der Waals surface area contributed by atoms with Crippen molar-refractivity contribution in [2.45, 2.75) is 51.8 Å². The third kappa shape index (κ3) is 7.23. The second kappa shape index (κ2) is 11.6. The molecule has 1 aromatic heterocycles. The summed E-state index contributed by atoms with van der Waals surface area (Å²) in [5.74, 6) is 2.27. The Morgan fingerprint density at radius 2 is 1.80 bits per heavy atom. The Morgan fingerprint density at radius 1 is 0.971 bits per heavy atom. The Kier molecular flexibility index (Phi) is 8.31. The molecule has 1 atom stereocenters. The Labute approximate surface area is 208 Å². The fourth-order valence-corrected chi connectivity index (χ4v) is 4.42. The van der Waals surface area contributed by atoms with Crippen LogP contribution in [0.3, 0.4) is 0 Å². The summed E-state index contributed by atoms with van der Waals surface area (Å²) >= 11 is 0. The van der Waals surface area contributed by atoms with Crippen molar-refractivity contribution in [3.05, 3.63) is 71.5 Å². The van der Waals surface area contributed by atoms with Gasteiger partial charge < -0.3 is 19.3 Å². The van der Waals surface area contributed by atoms with Gasteiger partial charge in [0.1, 0.15) is 19.0 Å². The summed E-state index contributed by atoms with van der Waals surface area (Å²) in [6, 6.07) is 14.1. The van der Waals surface area contributed by atoms with Crippen LogP contribution in [0.5, 0.6) is 17.2 Å². The lowest BCUT2D eigenvalue weighted by molar-refractivity contribution is -0.0168. The van der Waals surface area contributed by atoms with E-state index in [4.69, 9.17) is 14.2 Å². The molecule has 0 saturated carbocycles. The van der Waals surface area contributed by atoms with Crippen molar-refractivity contribution in [2.24, 2.45) is 0 Å². The van der Waals surface area contributed by atoms with Gasteiger partial charge in [-0.25, -0.2) is 0 Å². The zero-order valence-corrected chi connectivity index (χ0v) is 21.1. The highest BCUT2D eigenvalue weighted by molar-refractivity contribution is 5.43. The van der Waals surface area contributed by atoms with E-state index in [0.717, 1.165) is 55.3 Å². The van der Waals surface area contributed by atoms with Crippen LogP contribution in [0.15, 0.2) is 54.9 Å². The zero-order chi connectivity index (χ0) is 24.7. The highest BCUT2D eigenvalue weighted by Crippen LogP contribution is 2.30. The average molecular weight is 480 g/mol. The molecule has 3 aromatic rings. The van der Waals surface area contributed by atoms with Gasteiger partial charge in [0.25, 0.3) is 0 Å². The first-order chi connectivity index (χ1) is 16.9. The predicted octanol–water partition coefficient (Wildman–Crippen LogP) is 4.38. The molecule has 2 heterocycles. The van der Waals surface area contributed by atoms with Gasteiger partial charge in [-0.1, -0.05) is 23.8 Å². The molecular weight excluding hydrogens is 442 g/mol. The van der Waals surface area contributed by atoms with E-state index in [0.29, 0.717) is 26.2 Å². The van der Waals surface area contributed by atoms with Crippen LogP contribution in [-0.4, -0.2) is 58.8 Å². The summed E-state index contributed by atoms with van der Waals surface area (Å²) in [7, 11) is 1.67. The van der Waals surface area contributed by atoms with Crippen LogP contribution in [-0.2, 0) is 13.1 Å². The Hall–Kier alpha value is -3.03. The van der Waals surface area contributed by atoms with Crippen molar-refractivity contribution in [3.63, 3.8) is 0 Å². The van der Waals surface area contributed by atoms with Gasteiger partial charge >= 0.3 is 0 Å². The van der Waals surface area contributed by atoms with Crippen molar-refractivity contribution in [1.82, 2.24) is 14.7 Å². The molecule has 1 N–H and O–H groups in total. The van der Waals surface area contributed by atoms with E-state index in [-0.39, 0.29) is 0 Å². The maximum absolute atomic E-state index is 11.1. The van der Waals surface area contributed by atoms with Crippen molar-refractivity contribution < 1.29 is 19.3 Å². The van der Waals surface area contributed by atoms with Crippen molar-refractivity contribution >= 4 is 0 Å². The first-order valence-electron chi connectivity index (χ1n) is 12.4. The van der Waals surface area contributed by atoms with E-state index >= 15 is 0 Å². The van der Waals surface area contributed by atoms with E-state index in [2.05, 4.69) is 23.0 Å². The third-order valence-corrected chi connectivity index (χ3v) is 6.51. The summed E-state index contributed by atoms with van der Waals surface area (Å²) in [5.41, 5.74) is 2.69. The standard InChI is InChI=1S/C28H37N3O4/c1-22-5-8-25(9-6-22)35-21-28(32)11-4-13-30(14-12-28)20-24-7-10-26(27(17-24)33-3)34-16-15-31-19-23(2)18-29-31/h5-10,17-19,32H,4,11-16,20-21H2,1-3H3/t28-/m1/s1. The number of benzene rings is 2. The number of nitrogens with zero attached hydrogens (tertiary/aromatic N) is 3. The number of aryl methyl sites for hydroxylation is 2. The summed E-state index contributed by atoms with van der Waals surface area (Å²) in [5, 5.41) is 15.4. The number of aliphatic hydroxyl groups is 1. The number of hydrogen-bond acceptors (Lipinski definition) is 6. The number of aromatic nitrogens is 2. The third-order valence-electron chi connectivity index (χ3n) is 6.51. The molecule has 1 aliphatic heterocycles. The largest absolute Gasteiger partial charge is 0.493 e. The molecule has 0 radical (unpaired) electrons. The van der Waals surface area contributed by atoms with Gasteiger partial charge in [0.2, 0.25) is 0 Å². The van der Waals surface area contributed by atoms with Gasteiger partial charge in [0, 0.05) is 19.3 Å². The van der Waals surface area contributed by atoms with Crippen LogP contribution in [0.4, 0.5) is 0 Å². The molecule has 0 spiro atoms. The molecule has 35 heavy (non-hydrogen) atoms. The molecule has 0 amide bonds. The van der Waals surface area contributed by atoms with Crippen molar-refractivity contribution in [1.29, 1.82) is 0 Å². The van der Waals surface area contributed by atoms with Gasteiger partial charge in [0.15, 0.2) is 11.5 Å². The van der Waals surface area contributed by atoms with E-state index in [1.165, 1.54) is 11.1 Å². The highest BCUT2D eigenvalue weighted by Gasteiger charge is 2.31. The summed E-state index contributed by atoms with van der Waals surface area (Å²) < 4.78 is 19.3. The van der Waals surface area contributed by atoms with Crippen LogP contribution in [0, 0.1) is 13.8 Å². The molecule has 2 aromatic carbocycles. The minimum atomic E-state index is -0.803. The summed E-state index contributed by atoms with van der Waals surface area (Å²) in [4.78, 5) is 2.39. The van der Waals surface area contributed by atoms with E-state index < -0.39 is 5.60 Å². The molecule has 7 heteroatoms.